The van der Waals surface area contributed by atoms with Crippen LogP contribution in [0.1, 0.15) is 5.82 Å². The predicted octanol–water partition coefficient (Wildman–Crippen LogP) is 1.32. The van der Waals surface area contributed by atoms with Gasteiger partial charge < -0.3 is 4.52 Å². The number of nitrogens with one attached hydrogen (secondary N) is 1. The fraction of sp³-hybridized carbons (Fsp3) is 0.333. The molecule has 98 valence electrons. The molecule has 0 aliphatic carbocycles. The van der Waals surface area contributed by atoms with Crippen LogP contribution in [-0.4, -0.2) is 37.0 Å². The summed E-state index contributed by atoms with van der Waals surface area (Å²) in [6.45, 7) is 1.70. The van der Waals surface area contributed by atoms with Gasteiger partial charge in [-0.3, -0.25) is 4.72 Å². The van der Waals surface area contributed by atoms with E-state index in [2.05, 4.69) is 14.9 Å². The minimum Gasteiger partial charge on any atom is -0.333 e. The van der Waals surface area contributed by atoms with E-state index in [9.17, 15) is 8.42 Å². The molecule has 0 aliphatic rings. The van der Waals surface area contributed by atoms with Gasteiger partial charge >= 0.3 is 10.2 Å². The van der Waals surface area contributed by atoms with Crippen LogP contribution in [0.25, 0.3) is 10.8 Å². The van der Waals surface area contributed by atoms with Gasteiger partial charge in [-0.2, -0.15) is 17.7 Å². The van der Waals surface area contributed by atoms with Crippen molar-refractivity contribution >= 4 is 27.2 Å². The zero-order valence-electron chi connectivity index (χ0n) is 10.0. The largest absolute Gasteiger partial charge is 0.333 e. The second kappa shape index (κ2) is 4.67. The molecule has 2 rings (SSSR count). The van der Waals surface area contributed by atoms with E-state index in [-0.39, 0.29) is 0 Å². The Balaban J connectivity index is 2.35. The molecular weight excluding hydrogens is 276 g/mol. The maximum atomic E-state index is 11.7. The van der Waals surface area contributed by atoms with E-state index in [1.807, 2.05) is 0 Å². The van der Waals surface area contributed by atoms with Crippen molar-refractivity contribution in [2.45, 2.75) is 6.92 Å². The van der Waals surface area contributed by atoms with Gasteiger partial charge in [0.2, 0.25) is 0 Å². The Morgan fingerprint density at radius 3 is 2.72 bits per heavy atom. The number of aromatic nitrogens is 2. The Kier molecular flexibility index (Phi) is 3.37. The standard InChI is InChI=1S/C9H12N4O3S2/c1-6-10-9(16-11-6)8-7(4-5-17-8)12-18(14,15)13(2)3/h4-5,12H,1-3H3. The smallest absolute Gasteiger partial charge is 0.301 e. The molecule has 0 spiro atoms. The van der Waals surface area contributed by atoms with Crippen molar-refractivity contribution in [3.8, 4) is 10.8 Å². The molecule has 0 radical (unpaired) electrons. The number of hydrogen-bond donors (Lipinski definition) is 1. The van der Waals surface area contributed by atoms with Gasteiger partial charge in [0.1, 0.15) is 4.88 Å². The topological polar surface area (TPSA) is 88.3 Å². The minimum atomic E-state index is -3.54. The van der Waals surface area contributed by atoms with Crippen LogP contribution in [0.2, 0.25) is 0 Å². The molecule has 2 aromatic heterocycles. The summed E-state index contributed by atoms with van der Waals surface area (Å²) in [4.78, 5) is 4.67. The zero-order chi connectivity index (χ0) is 13.3. The summed E-state index contributed by atoms with van der Waals surface area (Å²) >= 11 is 1.33. The number of aryl methyl sites for hydroxylation is 1. The minimum absolute atomic E-state index is 0.305. The maximum Gasteiger partial charge on any atom is 0.301 e. The van der Waals surface area contributed by atoms with Gasteiger partial charge in [-0.05, 0) is 18.4 Å². The number of rotatable bonds is 4. The van der Waals surface area contributed by atoms with Gasteiger partial charge in [-0.25, -0.2) is 0 Å². The Morgan fingerprint density at radius 1 is 1.44 bits per heavy atom. The number of anilines is 1. The molecular formula is C9H12N4O3S2. The van der Waals surface area contributed by atoms with Crippen molar-refractivity contribution < 1.29 is 12.9 Å². The Morgan fingerprint density at radius 2 is 2.17 bits per heavy atom. The van der Waals surface area contributed by atoms with Crippen molar-refractivity contribution in [3.05, 3.63) is 17.3 Å². The van der Waals surface area contributed by atoms with Crippen molar-refractivity contribution in [1.29, 1.82) is 0 Å². The van der Waals surface area contributed by atoms with E-state index in [0.29, 0.717) is 22.3 Å². The van der Waals surface area contributed by atoms with Gasteiger partial charge in [-0.15, -0.1) is 11.3 Å². The molecule has 2 heterocycles. The van der Waals surface area contributed by atoms with E-state index >= 15 is 0 Å². The van der Waals surface area contributed by atoms with Crippen LogP contribution >= 0.6 is 11.3 Å². The maximum absolute atomic E-state index is 11.7. The highest BCUT2D eigenvalue weighted by Crippen LogP contribution is 2.33. The van der Waals surface area contributed by atoms with Gasteiger partial charge in [0.15, 0.2) is 5.82 Å². The lowest BCUT2D eigenvalue weighted by molar-refractivity contribution is 0.426. The highest BCUT2D eigenvalue weighted by molar-refractivity contribution is 7.90. The Hall–Kier alpha value is -1.45. The molecule has 7 nitrogen and oxygen atoms in total. The molecule has 9 heteroatoms. The van der Waals surface area contributed by atoms with Crippen molar-refractivity contribution in [3.63, 3.8) is 0 Å². The molecule has 0 amide bonds. The highest BCUT2D eigenvalue weighted by Gasteiger charge is 2.19. The lowest BCUT2D eigenvalue weighted by Crippen LogP contribution is -2.28. The molecule has 0 aromatic carbocycles. The van der Waals surface area contributed by atoms with Gasteiger partial charge in [0, 0.05) is 14.1 Å². The van der Waals surface area contributed by atoms with Crippen LogP contribution in [0.3, 0.4) is 0 Å². The summed E-state index contributed by atoms with van der Waals surface area (Å²) in [6, 6.07) is 1.65. The predicted molar refractivity (Wildman–Crippen MR) is 68.6 cm³/mol. The molecule has 0 atom stereocenters. The van der Waals surface area contributed by atoms with Crippen LogP contribution < -0.4 is 4.72 Å². The summed E-state index contributed by atoms with van der Waals surface area (Å²) in [5, 5.41) is 5.43. The zero-order valence-corrected chi connectivity index (χ0v) is 11.7. The monoisotopic (exact) mass is 288 g/mol. The van der Waals surface area contributed by atoms with Gasteiger partial charge in [0.25, 0.3) is 5.89 Å². The highest BCUT2D eigenvalue weighted by atomic mass is 32.2. The van der Waals surface area contributed by atoms with E-state index in [1.165, 1.54) is 25.4 Å². The first-order valence-corrected chi connectivity index (χ1v) is 7.30. The number of nitrogens with zero attached hydrogens (tertiary/aromatic N) is 3. The van der Waals surface area contributed by atoms with Crippen molar-refractivity contribution in [2.24, 2.45) is 0 Å². The molecule has 0 fully saturated rings. The molecule has 2 aromatic rings. The quantitative estimate of drug-likeness (QED) is 0.916. The van der Waals surface area contributed by atoms with E-state index in [1.54, 1.807) is 18.4 Å². The molecule has 0 saturated carbocycles. The molecule has 0 aliphatic heterocycles. The molecule has 18 heavy (non-hydrogen) atoms. The van der Waals surface area contributed by atoms with Gasteiger partial charge in [-0.1, -0.05) is 5.16 Å². The van der Waals surface area contributed by atoms with Crippen molar-refractivity contribution in [1.82, 2.24) is 14.4 Å². The lowest BCUT2D eigenvalue weighted by Gasteiger charge is -2.12. The molecule has 0 saturated heterocycles. The summed E-state index contributed by atoms with van der Waals surface area (Å²) in [5.74, 6) is 0.804. The van der Waals surface area contributed by atoms with Crippen LogP contribution in [-0.2, 0) is 10.2 Å². The van der Waals surface area contributed by atoms with Crippen LogP contribution in [0.4, 0.5) is 5.69 Å². The second-order valence-electron chi connectivity index (χ2n) is 3.70. The number of thiophene rings is 1. The normalized spacial score (nSPS) is 12.0. The average Bonchev–Trinajstić information content (AvgIpc) is 2.86. The fourth-order valence-corrected chi connectivity index (χ4v) is 2.64. The van der Waals surface area contributed by atoms with Gasteiger partial charge in [0.05, 0.1) is 5.69 Å². The van der Waals surface area contributed by atoms with Crippen molar-refractivity contribution in [2.75, 3.05) is 18.8 Å². The summed E-state index contributed by atoms with van der Waals surface area (Å²) < 4.78 is 32.0. The summed E-state index contributed by atoms with van der Waals surface area (Å²) in [5.41, 5.74) is 0.428. The first-order chi connectivity index (χ1) is 8.40. The second-order valence-corrected chi connectivity index (χ2v) is 6.50. The SMILES string of the molecule is Cc1noc(-c2sccc2NS(=O)(=O)N(C)C)n1. The third kappa shape index (κ3) is 2.52. The van der Waals surface area contributed by atoms with E-state index in [4.69, 9.17) is 4.52 Å². The Bertz CT molecular complexity index is 644. The molecule has 0 unspecified atom stereocenters. The first-order valence-electron chi connectivity index (χ1n) is 4.98. The third-order valence-electron chi connectivity index (χ3n) is 2.11. The van der Waals surface area contributed by atoms with E-state index in [0.717, 1.165) is 4.31 Å². The van der Waals surface area contributed by atoms with Crippen LogP contribution in [0.15, 0.2) is 16.0 Å². The molecule has 1 N–H and O–H groups in total. The van der Waals surface area contributed by atoms with E-state index < -0.39 is 10.2 Å². The Labute approximate surface area is 109 Å². The molecule has 0 bridgehead atoms. The van der Waals surface area contributed by atoms with Crippen LogP contribution in [0, 0.1) is 6.92 Å². The third-order valence-corrected chi connectivity index (χ3v) is 4.45. The summed E-state index contributed by atoms with van der Waals surface area (Å²) in [6.07, 6.45) is 0. The van der Waals surface area contributed by atoms with Crippen LogP contribution in [0.5, 0.6) is 0 Å². The first kappa shape index (κ1) is 13.0. The average molecular weight is 288 g/mol. The summed E-state index contributed by atoms with van der Waals surface area (Å²) in [7, 11) is -0.645. The lowest BCUT2D eigenvalue weighted by atomic mass is 10.4. The number of hydrogen-bond acceptors (Lipinski definition) is 6. The fourth-order valence-electron chi connectivity index (χ4n) is 1.17.